The predicted octanol–water partition coefficient (Wildman–Crippen LogP) is 5.96. The molecule has 1 N–H and O–H groups in total. The second kappa shape index (κ2) is 6.97. The molecular formula is C22H34O. The van der Waals surface area contributed by atoms with Crippen molar-refractivity contribution in [2.75, 3.05) is 0 Å². The highest BCUT2D eigenvalue weighted by Gasteiger charge is 2.48. The molecule has 3 unspecified atom stereocenters. The molecule has 1 heteroatoms. The summed E-state index contributed by atoms with van der Waals surface area (Å²) < 4.78 is 0. The summed E-state index contributed by atoms with van der Waals surface area (Å²) in [6.45, 7) is 8.87. The summed E-state index contributed by atoms with van der Waals surface area (Å²) >= 11 is 0. The van der Waals surface area contributed by atoms with E-state index >= 15 is 0 Å². The molecule has 3 rings (SSSR count). The smallest absolute Gasteiger partial charge is 0.0784 e. The van der Waals surface area contributed by atoms with Crippen molar-refractivity contribution in [1.82, 2.24) is 0 Å². The molecule has 23 heavy (non-hydrogen) atoms. The minimum atomic E-state index is -0.314. The van der Waals surface area contributed by atoms with Gasteiger partial charge in [-0.3, -0.25) is 0 Å². The van der Waals surface area contributed by atoms with E-state index in [-0.39, 0.29) is 6.10 Å². The van der Waals surface area contributed by atoms with Crippen LogP contribution in [0.5, 0.6) is 0 Å². The van der Waals surface area contributed by atoms with Crippen LogP contribution >= 0.6 is 0 Å². The van der Waals surface area contributed by atoms with Crippen LogP contribution in [0.3, 0.4) is 0 Å². The van der Waals surface area contributed by atoms with E-state index in [0.29, 0.717) is 5.41 Å². The third kappa shape index (κ3) is 3.36. The van der Waals surface area contributed by atoms with Crippen molar-refractivity contribution in [2.24, 2.45) is 17.3 Å². The maximum absolute atomic E-state index is 10.0. The van der Waals surface area contributed by atoms with Crippen LogP contribution in [0, 0.1) is 17.3 Å². The van der Waals surface area contributed by atoms with Gasteiger partial charge in [0.2, 0.25) is 0 Å². The Bertz CT molecular complexity index is 512. The highest BCUT2D eigenvalue weighted by atomic mass is 16.3. The summed E-state index contributed by atoms with van der Waals surface area (Å²) in [5, 5.41) is 10.0. The molecule has 3 saturated carbocycles. The molecular weight excluding hydrogens is 280 g/mol. The normalized spacial score (nSPS) is 41.5. The van der Waals surface area contributed by atoms with Crippen molar-refractivity contribution >= 4 is 0 Å². The monoisotopic (exact) mass is 314 g/mol. The fourth-order valence-corrected chi connectivity index (χ4v) is 5.53. The Morgan fingerprint density at radius 1 is 1.22 bits per heavy atom. The molecule has 3 aliphatic carbocycles. The highest BCUT2D eigenvalue weighted by molar-refractivity contribution is 5.27. The second-order valence-corrected chi connectivity index (χ2v) is 8.42. The lowest BCUT2D eigenvalue weighted by atomic mass is 9.63. The zero-order chi connectivity index (χ0) is 16.4. The first kappa shape index (κ1) is 17.0. The van der Waals surface area contributed by atoms with Gasteiger partial charge in [0.05, 0.1) is 6.10 Å². The first-order chi connectivity index (χ1) is 11.0. The average molecular weight is 315 g/mol. The summed E-state index contributed by atoms with van der Waals surface area (Å²) in [6.07, 6.45) is 16.9. The van der Waals surface area contributed by atoms with Crippen molar-refractivity contribution in [3.05, 3.63) is 35.5 Å². The van der Waals surface area contributed by atoms with E-state index < -0.39 is 0 Å². The standard InChI is InChI=1S/C22H34O/c1-4-6-19-12-13-20-18(7-5-14-22(19,20)3)11-10-17-9-8-16(2)21(23)15-17/h10-11,19-21,23H,2,4-9,12-15H2,1,3H3/b17-10-,18-11+/t19?,20?,21-,22?/m1/s1. The highest BCUT2D eigenvalue weighted by Crippen LogP contribution is 2.58. The lowest BCUT2D eigenvalue weighted by Crippen LogP contribution is -2.33. The molecule has 0 spiro atoms. The molecule has 3 aliphatic rings. The minimum absolute atomic E-state index is 0.314. The van der Waals surface area contributed by atoms with Crippen LogP contribution in [0.1, 0.15) is 78.1 Å². The number of fused-ring (bicyclic) bond motifs is 1. The number of hydrogen-bond donors (Lipinski definition) is 1. The van der Waals surface area contributed by atoms with Crippen molar-refractivity contribution in [1.29, 1.82) is 0 Å². The third-order valence-electron chi connectivity index (χ3n) is 7.03. The molecule has 0 aromatic carbocycles. The Balaban J connectivity index is 1.74. The van der Waals surface area contributed by atoms with Crippen LogP contribution < -0.4 is 0 Å². The van der Waals surface area contributed by atoms with Crippen LogP contribution in [-0.4, -0.2) is 11.2 Å². The summed E-state index contributed by atoms with van der Waals surface area (Å²) in [5.41, 5.74) is 4.67. The van der Waals surface area contributed by atoms with Crippen molar-refractivity contribution < 1.29 is 5.11 Å². The number of hydrogen-bond acceptors (Lipinski definition) is 1. The van der Waals surface area contributed by atoms with Crippen molar-refractivity contribution in [3.63, 3.8) is 0 Å². The van der Waals surface area contributed by atoms with Crippen molar-refractivity contribution in [2.45, 2.75) is 84.2 Å². The van der Waals surface area contributed by atoms with Crippen LogP contribution in [0.4, 0.5) is 0 Å². The van der Waals surface area contributed by atoms with E-state index in [4.69, 9.17) is 0 Å². The quantitative estimate of drug-likeness (QED) is 0.637. The van der Waals surface area contributed by atoms with E-state index in [2.05, 4.69) is 32.6 Å². The van der Waals surface area contributed by atoms with E-state index in [1.807, 2.05) is 0 Å². The van der Waals surface area contributed by atoms with E-state index in [1.165, 1.54) is 50.5 Å². The first-order valence-electron chi connectivity index (χ1n) is 9.79. The van der Waals surface area contributed by atoms with Gasteiger partial charge in [0.25, 0.3) is 0 Å². The Morgan fingerprint density at radius 3 is 2.78 bits per heavy atom. The van der Waals surface area contributed by atoms with Gasteiger partial charge >= 0.3 is 0 Å². The summed E-state index contributed by atoms with van der Waals surface area (Å²) in [4.78, 5) is 0. The SMILES string of the molecule is C=C1CC/C(=C/C=C2\CCCC3(C)C(CCC)CCC23)C[C@H]1O. The largest absolute Gasteiger partial charge is 0.388 e. The molecule has 0 bridgehead atoms. The Morgan fingerprint density at radius 2 is 2.04 bits per heavy atom. The lowest BCUT2D eigenvalue weighted by Gasteiger charge is -2.42. The zero-order valence-electron chi connectivity index (χ0n) is 15.1. The van der Waals surface area contributed by atoms with Gasteiger partial charge in [-0.15, -0.1) is 0 Å². The molecule has 1 nitrogen and oxygen atoms in total. The number of aliphatic hydroxyl groups excluding tert-OH is 1. The minimum Gasteiger partial charge on any atom is -0.388 e. The number of allylic oxidation sites excluding steroid dienone is 3. The van der Waals surface area contributed by atoms with Gasteiger partial charge in [0.15, 0.2) is 0 Å². The maximum Gasteiger partial charge on any atom is 0.0784 e. The average Bonchev–Trinajstić information content (AvgIpc) is 2.86. The fraction of sp³-hybridized carbons (Fsp3) is 0.727. The van der Waals surface area contributed by atoms with E-state index in [0.717, 1.165) is 36.7 Å². The van der Waals surface area contributed by atoms with E-state index in [1.54, 1.807) is 5.57 Å². The van der Waals surface area contributed by atoms with Crippen LogP contribution in [-0.2, 0) is 0 Å². The summed E-state index contributed by atoms with van der Waals surface area (Å²) in [6, 6.07) is 0. The molecule has 0 amide bonds. The number of aliphatic hydroxyl groups is 1. The van der Waals surface area contributed by atoms with Crippen LogP contribution in [0.15, 0.2) is 35.5 Å². The Labute approximate surface area is 142 Å². The predicted molar refractivity (Wildman–Crippen MR) is 98.2 cm³/mol. The van der Waals surface area contributed by atoms with Gasteiger partial charge in [0, 0.05) is 0 Å². The van der Waals surface area contributed by atoms with Gasteiger partial charge in [-0.25, -0.2) is 0 Å². The van der Waals surface area contributed by atoms with Gasteiger partial charge in [-0.2, -0.15) is 0 Å². The summed E-state index contributed by atoms with van der Waals surface area (Å²) in [7, 11) is 0. The molecule has 4 atom stereocenters. The topological polar surface area (TPSA) is 20.2 Å². The first-order valence-corrected chi connectivity index (χ1v) is 9.79. The van der Waals surface area contributed by atoms with Gasteiger partial charge in [-0.05, 0) is 74.2 Å². The zero-order valence-corrected chi connectivity index (χ0v) is 15.1. The van der Waals surface area contributed by atoms with Gasteiger partial charge in [-0.1, -0.05) is 56.6 Å². The van der Waals surface area contributed by atoms with E-state index in [9.17, 15) is 5.11 Å². The molecule has 0 heterocycles. The maximum atomic E-state index is 10.0. The third-order valence-corrected chi connectivity index (χ3v) is 7.03. The molecule has 0 aromatic heterocycles. The number of rotatable bonds is 3. The second-order valence-electron chi connectivity index (χ2n) is 8.42. The molecule has 3 fully saturated rings. The molecule has 0 radical (unpaired) electrons. The Kier molecular flexibility index (Phi) is 5.16. The van der Waals surface area contributed by atoms with Crippen LogP contribution in [0.2, 0.25) is 0 Å². The molecule has 0 saturated heterocycles. The molecule has 128 valence electrons. The van der Waals surface area contributed by atoms with Crippen LogP contribution in [0.25, 0.3) is 0 Å². The Hall–Kier alpha value is -0.820. The fourth-order valence-electron chi connectivity index (χ4n) is 5.53. The van der Waals surface area contributed by atoms with Gasteiger partial charge < -0.3 is 5.11 Å². The lowest BCUT2D eigenvalue weighted by molar-refractivity contribution is 0.129. The molecule has 0 aromatic rings. The van der Waals surface area contributed by atoms with Crippen molar-refractivity contribution in [3.8, 4) is 0 Å². The van der Waals surface area contributed by atoms with Gasteiger partial charge in [0.1, 0.15) is 0 Å². The molecule has 0 aliphatic heterocycles. The summed E-state index contributed by atoms with van der Waals surface area (Å²) in [5.74, 6) is 1.75.